The molecule has 1 aliphatic carbocycles. The predicted molar refractivity (Wildman–Crippen MR) is 151 cm³/mol. The Bertz CT molecular complexity index is 1480. The van der Waals surface area contributed by atoms with E-state index in [2.05, 4.69) is 20.9 Å². The number of hydrogen-bond donors (Lipinski definition) is 0. The van der Waals surface area contributed by atoms with Crippen LogP contribution in [-0.4, -0.2) is 24.8 Å². The summed E-state index contributed by atoms with van der Waals surface area (Å²) in [5, 5.41) is 0.622. The standard InChI is InChI=1S/C30H24BrNO4S/c1-2-35-30(34)27-24-9-6-10-26(24)37-28(27)32-18-22-17-23(31)15-16-25(22)36-29(33)21-13-11-20(12-14-21)19-7-4-3-5-8-19/h3-5,7-8,11-18H,2,6,9-10H2,1H3/b32-18-. The zero-order valence-corrected chi connectivity index (χ0v) is 22.6. The van der Waals surface area contributed by atoms with Crippen LogP contribution >= 0.6 is 27.3 Å². The van der Waals surface area contributed by atoms with Crippen molar-refractivity contribution in [1.29, 1.82) is 0 Å². The lowest BCUT2D eigenvalue weighted by Gasteiger charge is -2.09. The summed E-state index contributed by atoms with van der Waals surface area (Å²) in [6.07, 6.45) is 4.48. The third-order valence-corrected chi connectivity index (χ3v) is 7.80. The van der Waals surface area contributed by atoms with Crippen molar-refractivity contribution in [1.82, 2.24) is 0 Å². The van der Waals surface area contributed by atoms with Gasteiger partial charge in [0.25, 0.3) is 0 Å². The Balaban J connectivity index is 1.39. The van der Waals surface area contributed by atoms with Crippen LogP contribution in [0, 0.1) is 0 Å². The van der Waals surface area contributed by atoms with E-state index in [0.717, 1.165) is 40.4 Å². The van der Waals surface area contributed by atoms with E-state index in [1.165, 1.54) is 16.2 Å². The molecule has 0 fully saturated rings. The molecule has 0 unspecified atom stereocenters. The van der Waals surface area contributed by atoms with E-state index in [9.17, 15) is 9.59 Å². The van der Waals surface area contributed by atoms with Gasteiger partial charge in [-0.05, 0) is 73.2 Å². The molecule has 1 aliphatic rings. The van der Waals surface area contributed by atoms with Crippen molar-refractivity contribution in [3.05, 3.63) is 104 Å². The van der Waals surface area contributed by atoms with Crippen LogP contribution in [0.15, 0.2) is 82.3 Å². The first-order valence-corrected chi connectivity index (χ1v) is 13.7. The summed E-state index contributed by atoms with van der Waals surface area (Å²) in [4.78, 5) is 31.5. The second-order valence-corrected chi connectivity index (χ2v) is 10.5. The number of hydrogen-bond acceptors (Lipinski definition) is 6. The number of aryl methyl sites for hydroxylation is 1. The molecule has 0 saturated heterocycles. The third kappa shape index (κ3) is 5.58. The monoisotopic (exact) mass is 573 g/mol. The number of thiophene rings is 1. The minimum atomic E-state index is -0.459. The van der Waals surface area contributed by atoms with Gasteiger partial charge in [0.2, 0.25) is 0 Å². The lowest BCUT2D eigenvalue weighted by atomic mass is 10.0. The SMILES string of the molecule is CCOC(=O)c1c(/N=C\c2cc(Br)ccc2OC(=O)c2ccc(-c3ccccc3)cc2)sc2c1CCC2. The summed E-state index contributed by atoms with van der Waals surface area (Å²) in [6.45, 7) is 2.11. The van der Waals surface area contributed by atoms with Crippen LogP contribution in [0.2, 0.25) is 0 Å². The van der Waals surface area contributed by atoms with Gasteiger partial charge in [-0.1, -0.05) is 58.4 Å². The highest BCUT2D eigenvalue weighted by atomic mass is 79.9. The Morgan fingerprint density at radius 1 is 0.973 bits per heavy atom. The average Bonchev–Trinajstić information content (AvgIpc) is 3.50. The summed E-state index contributed by atoms with van der Waals surface area (Å²) in [6, 6.07) is 22.7. The number of rotatable bonds is 7. The fraction of sp³-hybridized carbons (Fsp3) is 0.167. The first-order chi connectivity index (χ1) is 18.0. The van der Waals surface area contributed by atoms with Crippen molar-refractivity contribution in [3.8, 4) is 16.9 Å². The topological polar surface area (TPSA) is 65.0 Å². The molecule has 1 aromatic heterocycles. The maximum absolute atomic E-state index is 12.9. The number of halogens is 1. The first kappa shape index (κ1) is 25.1. The molecule has 0 N–H and O–H groups in total. The van der Waals surface area contributed by atoms with Gasteiger partial charge < -0.3 is 9.47 Å². The van der Waals surface area contributed by atoms with Gasteiger partial charge >= 0.3 is 11.9 Å². The van der Waals surface area contributed by atoms with E-state index in [4.69, 9.17) is 9.47 Å². The molecule has 4 aromatic rings. The van der Waals surface area contributed by atoms with Gasteiger partial charge in [0.1, 0.15) is 10.8 Å². The van der Waals surface area contributed by atoms with Crippen LogP contribution in [0.4, 0.5) is 5.00 Å². The minimum Gasteiger partial charge on any atom is -0.462 e. The molecule has 5 rings (SSSR count). The van der Waals surface area contributed by atoms with Crippen LogP contribution in [-0.2, 0) is 17.6 Å². The summed E-state index contributed by atoms with van der Waals surface area (Å²) in [5.74, 6) is -0.418. The molecule has 0 amide bonds. The highest BCUT2D eigenvalue weighted by Gasteiger charge is 2.27. The lowest BCUT2D eigenvalue weighted by molar-refractivity contribution is 0.0526. The van der Waals surface area contributed by atoms with Gasteiger partial charge in [-0.3, -0.25) is 0 Å². The Kier molecular flexibility index (Phi) is 7.63. The molecular weight excluding hydrogens is 550 g/mol. The Hall–Kier alpha value is -3.55. The molecule has 0 saturated carbocycles. The van der Waals surface area contributed by atoms with Gasteiger partial charge in [-0.25, -0.2) is 14.6 Å². The van der Waals surface area contributed by atoms with Crippen molar-refractivity contribution >= 4 is 50.4 Å². The fourth-order valence-electron chi connectivity index (χ4n) is 4.32. The fourth-order valence-corrected chi connectivity index (χ4v) is 5.92. The van der Waals surface area contributed by atoms with Crippen LogP contribution < -0.4 is 4.74 Å². The molecule has 0 aliphatic heterocycles. The normalized spacial score (nSPS) is 12.5. The second-order valence-electron chi connectivity index (χ2n) is 8.53. The highest BCUT2D eigenvalue weighted by molar-refractivity contribution is 9.10. The van der Waals surface area contributed by atoms with E-state index in [1.807, 2.05) is 54.6 Å². The molecular formula is C30H24BrNO4S. The zero-order chi connectivity index (χ0) is 25.8. The first-order valence-electron chi connectivity index (χ1n) is 12.1. The van der Waals surface area contributed by atoms with Crippen molar-refractivity contribution in [2.75, 3.05) is 6.61 Å². The minimum absolute atomic E-state index is 0.310. The van der Waals surface area contributed by atoms with Crippen LogP contribution in [0.5, 0.6) is 5.75 Å². The van der Waals surface area contributed by atoms with Gasteiger partial charge in [0, 0.05) is 21.1 Å². The summed E-state index contributed by atoms with van der Waals surface area (Å²) >= 11 is 5.01. The number of esters is 2. The number of carbonyl (C=O) groups is 2. The Morgan fingerprint density at radius 3 is 2.49 bits per heavy atom. The molecule has 0 bridgehead atoms. The largest absolute Gasteiger partial charge is 0.462 e. The van der Waals surface area contributed by atoms with Gasteiger partial charge in [0.05, 0.1) is 17.7 Å². The lowest BCUT2D eigenvalue weighted by Crippen LogP contribution is -2.09. The van der Waals surface area contributed by atoms with Gasteiger partial charge in [0.15, 0.2) is 0 Å². The van der Waals surface area contributed by atoms with Crippen molar-refractivity contribution in [3.63, 3.8) is 0 Å². The van der Waals surface area contributed by atoms with Crippen molar-refractivity contribution < 1.29 is 19.1 Å². The summed E-state index contributed by atoms with van der Waals surface area (Å²) < 4.78 is 11.9. The summed E-state index contributed by atoms with van der Waals surface area (Å²) in [7, 11) is 0. The maximum atomic E-state index is 12.9. The molecule has 0 radical (unpaired) electrons. The molecule has 0 atom stereocenters. The number of fused-ring (bicyclic) bond motifs is 1. The van der Waals surface area contributed by atoms with E-state index in [0.29, 0.717) is 34.0 Å². The molecule has 1 heterocycles. The van der Waals surface area contributed by atoms with Crippen LogP contribution in [0.3, 0.4) is 0 Å². The molecule has 7 heteroatoms. The van der Waals surface area contributed by atoms with Gasteiger partial charge in [-0.2, -0.15) is 0 Å². The van der Waals surface area contributed by atoms with E-state index in [1.54, 1.807) is 31.3 Å². The quantitative estimate of drug-likeness (QED) is 0.128. The predicted octanol–water partition coefficient (Wildman–Crippen LogP) is 7.81. The number of aliphatic imine (C=N–C) groups is 1. The van der Waals surface area contributed by atoms with Gasteiger partial charge in [-0.15, -0.1) is 11.3 Å². The maximum Gasteiger partial charge on any atom is 0.343 e. The molecule has 37 heavy (non-hydrogen) atoms. The van der Waals surface area contributed by atoms with E-state index in [-0.39, 0.29) is 5.97 Å². The number of carbonyl (C=O) groups excluding carboxylic acids is 2. The second kappa shape index (κ2) is 11.2. The number of benzene rings is 3. The Morgan fingerprint density at radius 2 is 1.73 bits per heavy atom. The molecule has 5 nitrogen and oxygen atoms in total. The highest BCUT2D eigenvalue weighted by Crippen LogP contribution is 2.41. The number of nitrogens with zero attached hydrogens (tertiary/aromatic N) is 1. The van der Waals surface area contributed by atoms with Crippen LogP contribution in [0.25, 0.3) is 11.1 Å². The van der Waals surface area contributed by atoms with Crippen molar-refractivity contribution in [2.45, 2.75) is 26.2 Å². The molecule has 3 aromatic carbocycles. The van der Waals surface area contributed by atoms with E-state index < -0.39 is 5.97 Å². The van der Waals surface area contributed by atoms with Crippen molar-refractivity contribution in [2.24, 2.45) is 4.99 Å². The zero-order valence-electron chi connectivity index (χ0n) is 20.2. The van der Waals surface area contributed by atoms with E-state index >= 15 is 0 Å². The third-order valence-electron chi connectivity index (χ3n) is 6.11. The molecule has 186 valence electrons. The van der Waals surface area contributed by atoms with Crippen LogP contribution in [0.1, 0.15) is 50.1 Å². The Labute approximate surface area is 227 Å². The average molecular weight is 574 g/mol. The number of ether oxygens (including phenoxy) is 2. The smallest absolute Gasteiger partial charge is 0.343 e. The molecule has 0 spiro atoms. The summed E-state index contributed by atoms with van der Waals surface area (Å²) in [5.41, 5.74) is 4.78.